The third kappa shape index (κ3) is 3.43. The number of carbonyl (C=O) groups excluding carboxylic acids is 2. The summed E-state index contributed by atoms with van der Waals surface area (Å²) in [5, 5.41) is 2.74. The molecule has 5 nitrogen and oxygen atoms in total. The lowest BCUT2D eigenvalue weighted by Crippen LogP contribution is -2.48. The Morgan fingerprint density at radius 2 is 2.24 bits per heavy atom. The van der Waals surface area contributed by atoms with Crippen molar-refractivity contribution in [2.24, 2.45) is 5.73 Å². The zero-order valence-corrected chi connectivity index (χ0v) is 10.9. The number of rotatable bonds is 5. The minimum atomic E-state index is -0.499. The van der Waals surface area contributed by atoms with Crippen LogP contribution in [0.1, 0.15) is 40.0 Å². The smallest absolute Gasteiger partial charge is 0.245 e. The van der Waals surface area contributed by atoms with Crippen LogP contribution in [-0.4, -0.2) is 41.4 Å². The summed E-state index contributed by atoms with van der Waals surface area (Å²) < 4.78 is 0. The van der Waals surface area contributed by atoms with E-state index in [1.807, 2.05) is 20.8 Å². The van der Waals surface area contributed by atoms with E-state index in [4.69, 9.17) is 5.73 Å². The second kappa shape index (κ2) is 6.00. The number of amides is 2. The number of hydrogen-bond donors (Lipinski definition) is 2. The maximum Gasteiger partial charge on any atom is 0.245 e. The topological polar surface area (TPSA) is 75.4 Å². The molecule has 2 amide bonds. The molecular formula is C12H23N3O2. The van der Waals surface area contributed by atoms with Gasteiger partial charge in [0, 0.05) is 12.6 Å². The van der Waals surface area contributed by atoms with Gasteiger partial charge in [-0.05, 0) is 26.7 Å². The van der Waals surface area contributed by atoms with Gasteiger partial charge in [0.05, 0.1) is 6.04 Å². The number of carbonyl (C=O) groups is 2. The summed E-state index contributed by atoms with van der Waals surface area (Å²) in [5.41, 5.74) is 5.71. The quantitative estimate of drug-likeness (QED) is 0.724. The molecule has 0 aliphatic carbocycles. The highest BCUT2D eigenvalue weighted by Crippen LogP contribution is 2.14. The van der Waals surface area contributed by atoms with Gasteiger partial charge in [0.1, 0.15) is 6.04 Å². The Morgan fingerprint density at radius 3 is 2.71 bits per heavy atom. The van der Waals surface area contributed by atoms with E-state index in [2.05, 4.69) is 5.32 Å². The molecule has 0 aromatic rings. The Morgan fingerprint density at radius 1 is 1.59 bits per heavy atom. The second-order valence-corrected chi connectivity index (χ2v) is 4.87. The van der Waals surface area contributed by atoms with Gasteiger partial charge in [0.2, 0.25) is 11.8 Å². The van der Waals surface area contributed by atoms with Crippen molar-refractivity contribution in [2.75, 3.05) is 6.54 Å². The molecule has 17 heavy (non-hydrogen) atoms. The molecule has 2 atom stereocenters. The van der Waals surface area contributed by atoms with Crippen molar-refractivity contribution in [1.82, 2.24) is 10.2 Å². The van der Waals surface area contributed by atoms with Gasteiger partial charge in [-0.3, -0.25) is 9.59 Å². The average molecular weight is 241 g/mol. The molecule has 5 heteroatoms. The van der Waals surface area contributed by atoms with E-state index < -0.39 is 6.04 Å². The van der Waals surface area contributed by atoms with E-state index in [-0.39, 0.29) is 23.9 Å². The van der Waals surface area contributed by atoms with E-state index in [1.165, 1.54) is 0 Å². The molecule has 0 aromatic carbocycles. The first-order valence-corrected chi connectivity index (χ1v) is 6.33. The molecule has 2 unspecified atom stereocenters. The molecule has 1 aliphatic rings. The zero-order valence-electron chi connectivity index (χ0n) is 10.9. The summed E-state index contributed by atoms with van der Waals surface area (Å²) >= 11 is 0. The van der Waals surface area contributed by atoms with Crippen LogP contribution in [-0.2, 0) is 9.59 Å². The van der Waals surface area contributed by atoms with Crippen LogP contribution in [0.15, 0.2) is 0 Å². The van der Waals surface area contributed by atoms with E-state index in [0.29, 0.717) is 19.4 Å². The van der Waals surface area contributed by atoms with Crippen LogP contribution < -0.4 is 11.1 Å². The van der Waals surface area contributed by atoms with Crippen molar-refractivity contribution < 1.29 is 9.59 Å². The van der Waals surface area contributed by atoms with Crippen molar-refractivity contribution in [3.63, 3.8) is 0 Å². The fourth-order valence-electron chi connectivity index (χ4n) is 2.07. The SMILES string of the molecule is CCCC(N)C(=O)NC1CCN(C(C)C)C1=O. The Balaban J connectivity index is 2.48. The summed E-state index contributed by atoms with van der Waals surface area (Å²) in [6, 6.07) is -0.692. The minimum absolute atomic E-state index is 0.0112. The Labute approximate surface area is 103 Å². The molecule has 1 saturated heterocycles. The van der Waals surface area contributed by atoms with Crippen LogP contribution >= 0.6 is 0 Å². The standard InChI is InChI=1S/C12H23N3O2/c1-4-5-9(13)11(16)14-10-6-7-15(8(2)3)12(10)17/h8-10H,4-7,13H2,1-3H3,(H,14,16). The lowest BCUT2D eigenvalue weighted by Gasteiger charge is -2.21. The molecule has 0 spiro atoms. The molecule has 0 radical (unpaired) electrons. The molecular weight excluding hydrogens is 218 g/mol. The van der Waals surface area contributed by atoms with Gasteiger partial charge in [-0.15, -0.1) is 0 Å². The maximum atomic E-state index is 11.9. The molecule has 0 aromatic heterocycles. The number of nitrogens with zero attached hydrogens (tertiary/aromatic N) is 1. The summed E-state index contributed by atoms with van der Waals surface area (Å²) in [4.78, 5) is 25.4. The third-order valence-electron chi connectivity index (χ3n) is 3.12. The Bertz CT molecular complexity index is 291. The van der Waals surface area contributed by atoms with Crippen molar-refractivity contribution >= 4 is 11.8 Å². The van der Waals surface area contributed by atoms with Gasteiger partial charge in [-0.1, -0.05) is 13.3 Å². The van der Waals surface area contributed by atoms with Crippen molar-refractivity contribution in [3.8, 4) is 0 Å². The molecule has 3 N–H and O–H groups in total. The number of nitrogens with two attached hydrogens (primary N) is 1. The zero-order chi connectivity index (χ0) is 13.0. The molecule has 0 saturated carbocycles. The van der Waals surface area contributed by atoms with Gasteiger partial charge >= 0.3 is 0 Å². The first-order chi connectivity index (χ1) is 7.97. The molecule has 1 rings (SSSR count). The van der Waals surface area contributed by atoms with Gasteiger partial charge < -0.3 is 16.0 Å². The van der Waals surface area contributed by atoms with E-state index in [0.717, 1.165) is 6.42 Å². The van der Waals surface area contributed by atoms with Crippen LogP contribution in [0, 0.1) is 0 Å². The predicted molar refractivity (Wildman–Crippen MR) is 66.3 cm³/mol. The highest BCUT2D eigenvalue weighted by atomic mass is 16.2. The number of likely N-dealkylation sites (tertiary alicyclic amines) is 1. The normalized spacial score (nSPS) is 22.1. The second-order valence-electron chi connectivity index (χ2n) is 4.87. The van der Waals surface area contributed by atoms with Crippen molar-refractivity contribution in [2.45, 2.75) is 58.2 Å². The number of hydrogen-bond acceptors (Lipinski definition) is 3. The van der Waals surface area contributed by atoms with Gasteiger partial charge in [-0.2, -0.15) is 0 Å². The van der Waals surface area contributed by atoms with Crippen molar-refractivity contribution in [1.29, 1.82) is 0 Å². The lowest BCUT2D eigenvalue weighted by atomic mass is 10.1. The van der Waals surface area contributed by atoms with Crippen LogP contribution in [0.5, 0.6) is 0 Å². The fourth-order valence-corrected chi connectivity index (χ4v) is 2.07. The van der Waals surface area contributed by atoms with Crippen LogP contribution in [0.25, 0.3) is 0 Å². The highest BCUT2D eigenvalue weighted by Gasteiger charge is 2.34. The summed E-state index contributed by atoms with van der Waals surface area (Å²) in [6.45, 7) is 6.65. The molecule has 98 valence electrons. The van der Waals surface area contributed by atoms with E-state index in [1.54, 1.807) is 4.90 Å². The fraction of sp³-hybridized carbons (Fsp3) is 0.833. The van der Waals surface area contributed by atoms with E-state index in [9.17, 15) is 9.59 Å². The number of nitrogens with one attached hydrogen (secondary N) is 1. The van der Waals surface area contributed by atoms with Gasteiger partial charge in [-0.25, -0.2) is 0 Å². The van der Waals surface area contributed by atoms with E-state index >= 15 is 0 Å². The predicted octanol–water partition coefficient (Wildman–Crippen LogP) is 0.239. The van der Waals surface area contributed by atoms with Crippen molar-refractivity contribution in [3.05, 3.63) is 0 Å². The van der Waals surface area contributed by atoms with Gasteiger partial charge in [0.15, 0.2) is 0 Å². The van der Waals surface area contributed by atoms with Crippen LogP contribution in [0.4, 0.5) is 0 Å². The summed E-state index contributed by atoms with van der Waals surface area (Å²) in [7, 11) is 0. The summed E-state index contributed by atoms with van der Waals surface area (Å²) in [6.07, 6.45) is 2.20. The minimum Gasteiger partial charge on any atom is -0.343 e. The Hall–Kier alpha value is -1.10. The van der Waals surface area contributed by atoms with Gasteiger partial charge in [0.25, 0.3) is 0 Å². The first-order valence-electron chi connectivity index (χ1n) is 6.33. The maximum absolute atomic E-state index is 11.9. The van der Waals surface area contributed by atoms with Crippen LogP contribution in [0.3, 0.4) is 0 Å². The molecule has 1 fully saturated rings. The van der Waals surface area contributed by atoms with Crippen LogP contribution in [0.2, 0.25) is 0 Å². The first kappa shape index (κ1) is 14.0. The summed E-state index contributed by atoms with van der Waals surface area (Å²) in [5.74, 6) is -0.201. The largest absolute Gasteiger partial charge is 0.343 e. The monoisotopic (exact) mass is 241 g/mol. The molecule has 1 heterocycles. The molecule has 1 aliphatic heterocycles. The lowest BCUT2D eigenvalue weighted by molar-refractivity contribution is -0.134. The third-order valence-corrected chi connectivity index (χ3v) is 3.12. The Kier molecular flexibility index (Phi) is 4.93. The molecule has 0 bridgehead atoms. The average Bonchev–Trinajstić information content (AvgIpc) is 2.61. The highest BCUT2D eigenvalue weighted by molar-refractivity contribution is 5.91.